The van der Waals surface area contributed by atoms with E-state index in [1.54, 1.807) is 18.2 Å². The van der Waals surface area contributed by atoms with Gasteiger partial charge in [-0.25, -0.2) is 13.1 Å². The average molecular weight is 533 g/mol. The number of nitrogens with zero attached hydrogens (tertiary/aromatic N) is 1. The van der Waals surface area contributed by atoms with E-state index in [1.165, 1.54) is 36.4 Å². The molecule has 0 aliphatic rings. The van der Waals surface area contributed by atoms with Crippen molar-refractivity contribution in [3.8, 4) is 11.5 Å². The van der Waals surface area contributed by atoms with Crippen LogP contribution in [0.1, 0.15) is 17.2 Å². The molecule has 1 N–H and O–H groups in total. The molecule has 0 fully saturated rings. The number of nitrogens with one attached hydrogen (secondary N) is 1. The summed E-state index contributed by atoms with van der Waals surface area (Å²) in [5, 5.41) is 0.674. The molecule has 0 spiro atoms. The fraction of sp³-hybridized carbons (Fsp3) is 0.217. The third kappa shape index (κ3) is 6.86. The summed E-state index contributed by atoms with van der Waals surface area (Å²) in [5.74, 6) is 0.459. The summed E-state index contributed by atoms with van der Waals surface area (Å²) in [6.07, 6.45) is -4.44. The minimum atomic E-state index is -4.44. The Bertz CT molecular complexity index is 1230. The molecule has 0 aliphatic carbocycles. The zero-order valence-corrected chi connectivity index (χ0v) is 20.4. The molecule has 5 nitrogen and oxygen atoms in total. The number of rotatable bonds is 8. The Morgan fingerprint density at radius 2 is 1.47 bits per heavy atom. The molecular formula is C23H21Cl2F3N2O3S. The first-order valence-corrected chi connectivity index (χ1v) is 12.2. The summed E-state index contributed by atoms with van der Waals surface area (Å²) in [7, 11) is -0.298. The van der Waals surface area contributed by atoms with Gasteiger partial charge in [-0.2, -0.15) is 13.2 Å². The van der Waals surface area contributed by atoms with E-state index in [0.29, 0.717) is 22.2 Å². The summed E-state index contributed by atoms with van der Waals surface area (Å²) in [6, 6.07) is 14.1. The molecule has 1 atom stereocenters. The van der Waals surface area contributed by atoms with Crippen LogP contribution in [0.15, 0.2) is 71.6 Å². The Labute approximate surface area is 206 Å². The molecule has 0 amide bonds. The SMILES string of the molecule is CN(C)C[C@H](NS(=O)(=O)c1ccc(Oc2ccc(C(F)(F)F)cc2)cc1)c1ccc(Cl)c(Cl)c1. The molecule has 0 heterocycles. The van der Waals surface area contributed by atoms with Gasteiger partial charge < -0.3 is 9.64 Å². The van der Waals surface area contributed by atoms with E-state index < -0.39 is 27.8 Å². The smallest absolute Gasteiger partial charge is 0.416 e. The van der Waals surface area contributed by atoms with Gasteiger partial charge in [0.25, 0.3) is 0 Å². The van der Waals surface area contributed by atoms with Crippen LogP contribution in [-0.2, 0) is 16.2 Å². The predicted octanol–water partition coefficient (Wildman–Crippen LogP) is 6.39. The third-order valence-electron chi connectivity index (χ3n) is 4.74. The van der Waals surface area contributed by atoms with E-state index in [2.05, 4.69) is 4.72 Å². The molecule has 11 heteroatoms. The van der Waals surface area contributed by atoms with Gasteiger partial charge in [0, 0.05) is 6.54 Å². The maximum Gasteiger partial charge on any atom is 0.416 e. The Morgan fingerprint density at radius 3 is 1.97 bits per heavy atom. The van der Waals surface area contributed by atoms with Crippen molar-refractivity contribution >= 4 is 33.2 Å². The van der Waals surface area contributed by atoms with Gasteiger partial charge in [0.1, 0.15) is 11.5 Å². The van der Waals surface area contributed by atoms with Gasteiger partial charge in [-0.3, -0.25) is 0 Å². The number of alkyl halides is 3. The van der Waals surface area contributed by atoms with Crippen LogP contribution in [0.3, 0.4) is 0 Å². The Balaban J connectivity index is 1.76. The number of likely N-dealkylation sites (N-methyl/N-ethyl adjacent to an activating group) is 1. The Hall–Kier alpha value is -2.30. The zero-order chi connectivity index (χ0) is 25.1. The van der Waals surface area contributed by atoms with Crippen molar-refractivity contribution in [2.45, 2.75) is 17.1 Å². The highest BCUT2D eigenvalue weighted by molar-refractivity contribution is 7.89. The largest absolute Gasteiger partial charge is 0.457 e. The van der Waals surface area contributed by atoms with Crippen molar-refractivity contribution in [3.05, 3.63) is 87.9 Å². The highest BCUT2D eigenvalue weighted by atomic mass is 35.5. The number of hydrogen-bond donors (Lipinski definition) is 1. The first-order chi connectivity index (χ1) is 15.8. The fourth-order valence-electron chi connectivity index (χ4n) is 3.10. The van der Waals surface area contributed by atoms with Crippen LogP contribution in [0.4, 0.5) is 13.2 Å². The predicted molar refractivity (Wildman–Crippen MR) is 126 cm³/mol. The summed E-state index contributed by atoms with van der Waals surface area (Å²) in [6.45, 7) is 0.367. The number of halogens is 5. The molecule has 3 rings (SSSR count). The van der Waals surface area contributed by atoms with Crippen molar-refractivity contribution in [2.24, 2.45) is 0 Å². The monoisotopic (exact) mass is 532 g/mol. The minimum absolute atomic E-state index is 0.00362. The molecular weight excluding hydrogens is 512 g/mol. The van der Waals surface area contributed by atoms with Gasteiger partial charge in [-0.1, -0.05) is 29.3 Å². The molecule has 0 aromatic heterocycles. The van der Waals surface area contributed by atoms with Crippen LogP contribution in [-0.4, -0.2) is 34.0 Å². The first-order valence-electron chi connectivity index (χ1n) is 9.92. The molecule has 0 saturated carbocycles. The quantitative estimate of drug-likeness (QED) is 0.365. The van der Waals surface area contributed by atoms with Gasteiger partial charge in [0.15, 0.2) is 0 Å². The van der Waals surface area contributed by atoms with E-state index in [-0.39, 0.29) is 16.4 Å². The van der Waals surface area contributed by atoms with Crippen molar-refractivity contribution < 1.29 is 26.3 Å². The number of benzene rings is 3. The lowest BCUT2D eigenvalue weighted by molar-refractivity contribution is -0.137. The third-order valence-corrected chi connectivity index (χ3v) is 6.97. The number of ether oxygens (including phenoxy) is 1. The molecule has 3 aromatic carbocycles. The van der Waals surface area contributed by atoms with Gasteiger partial charge >= 0.3 is 6.18 Å². The van der Waals surface area contributed by atoms with Crippen LogP contribution in [0, 0.1) is 0 Å². The molecule has 0 aliphatic heterocycles. The van der Waals surface area contributed by atoms with E-state index in [4.69, 9.17) is 27.9 Å². The van der Waals surface area contributed by atoms with E-state index in [9.17, 15) is 21.6 Å². The Morgan fingerprint density at radius 1 is 0.912 bits per heavy atom. The molecule has 0 unspecified atom stereocenters. The lowest BCUT2D eigenvalue weighted by Gasteiger charge is -2.23. The topological polar surface area (TPSA) is 58.6 Å². The van der Waals surface area contributed by atoms with Crippen LogP contribution in [0.2, 0.25) is 10.0 Å². The lowest BCUT2D eigenvalue weighted by Crippen LogP contribution is -2.35. The molecule has 0 bridgehead atoms. The molecule has 34 heavy (non-hydrogen) atoms. The second kappa shape index (κ2) is 10.5. The zero-order valence-electron chi connectivity index (χ0n) is 18.1. The normalized spacial score (nSPS) is 13.2. The van der Waals surface area contributed by atoms with Crippen LogP contribution >= 0.6 is 23.2 Å². The standard InChI is InChI=1S/C23H21Cl2F3N2O3S/c1-30(2)14-22(15-3-12-20(24)21(25)13-15)29-34(31,32)19-10-8-18(9-11-19)33-17-6-4-16(5-7-17)23(26,27)28/h3-13,22,29H,14H2,1-2H3/t22-/m0/s1. The van der Waals surface area contributed by atoms with Gasteiger partial charge in [-0.05, 0) is 80.3 Å². The maximum absolute atomic E-state index is 13.0. The lowest BCUT2D eigenvalue weighted by atomic mass is 10.1. The highest BCUT2D eigenvalue weighted by Gasteiger charge is 2.30. The fourth-order valence-corrected chi connectivity index (χ4v) is 4.62. The van der Waals surface area contributed by atoms with E-state index in [1.807, 2.05) is 19.0 Å². The van der Waals surface area contributed by atoms with Crippen molar-refractivity contribution in [1.82, 2.24) is 9.62 Å². The summed E-state index contributed by atoms with van der Waals surface area (Å²) in [5.41, 5.74) is -0.143. The van der Waals surface area contributed by atoms with Gasteiger partial charge in [-0.15, -0.1) is 0 Å². The second-order valence-corrected chi connectivity index (χ2v) is 10.2. The van der Waals surface area contributed by atoms with Crippen molar-refractivity contribution in [3.63, 3.8) is 0 Å². The molecule has 0 saturated heterocycles. The van der Waals surface area contributed by atoms with Crippen molar-refractivity contribution in [2.75, 3.05) is 20.6 Å². The summed E-state index contributed by atoms with van der Waals surface area (Å²) in [4.78, 5) is 1.83. The van der Waals surface area contributed by atoms with Crippen molar-refractivity contribution in [1.29, 1.82) is 0 Å². The first kappa shape index (κ1) is 26.3. The van der Waals surface area contributed by atoms with Gasteiger partial charge in [0.05, 0.1) is 26.5 Å². The van der Waals surface area contributed by atoms with Crippen LogP contribution in [0.25, 0.3) is 0 Å². The molecule has 3 aromatic rings. The highest BCUT2D eigenvalue weighted by Crippen LogP contribution is 2.32. The van der Waals surface area contributed by atoms with E-state index in [0.717, 1.165) is 12.1 Å². The number of hydrogen-bond acceptors (Lipinski definition) is 4. The van der Waals surface area contributed by atoms with Crippen LogP contribution in [0.5, 0.6) is 11.5 Å². The van der Waals surface area contributed by atoms with E-state index >= 15 is 0 Å². The summed E-state index contributed by atoms with van der Waals surface area (Å²) >= 11 is 12.1. The number of sulfonamides is 1. The Kier molecular flexibility index (Phi) is 8.15. The summed E-state index contributed by atoms with van der Waals surface area (Å²) < 4.78 is 72.3. The molecule has 182 valence electrons. The van der Waals surface area contributed by atoms with Gasteiger partial charge in [0.2, 0.25) is 10.0 Å². The maximum atomic E-state index is 13.0. The van der Waals surface area contributed by atoms with Crippen LogP contribution < -0.4 is 9.46 Å². The minimum Gasteiger partial charge on any atom is -0.457 e. The second-order valence-electron chi connectivity index (χ2n) is 7.71. The molecule has 0 radical (unpaired) electrons. The average Bonchev–Trinajstić information content (AvgIpc) is 2.75.